The summed E-state index contributed by atoms with van der Waals surface area (Å²) >= 11 is 0. The predicted octanol–water partition coefficient (Wildman–Crippen LogP) is 1.88. The number of benzene rings is 1. The van der Waals surface area contributed by atoms with Crippen LogP contribution in [0.5, 0.6) is 0 Å². The Morgan fingerprint density at radius 3 is 2.32 bits per heavy atom. The van der Waals surface area contributed by atoms with E-state index >= 15 is 0 Å². The zero-order chi connectivity index (χ0) is 17.4. The number of likely N-dealkylation sites (tertiary alicyclic amines) is 1. The van der Waals surface area contributed by atoms with Crippen LogP contribution in [0, 0.1) is 11.7 Å². The highest BCUT2D eigenvalue weighted by Crippen LogP contribution is 2.31. The van der Waals surface area contributed by atoms with Crippen molar-refractivity contribution in [2.45, 2.75) is 31.7 Å². The lowest BCUT2D eigenvalue weighted by molar-refractivity contribution is -0.136. The molecular weight excluding hydrogens is 321 g/mol. The molecule has 5 nitrogen and oxygen atoms in total. The van der Waals surface area contributed by atoms with Gasteiger partial charge in [-0.15, -0.1) is 0 Å². The molecule has 1 unspecified atom stereocenters. The minimum absolute atomic E-state index is 0.119. The van der Waals surface area contributed by atoms with Crippen LogP contribution in [-0.2, 0) is 9.59 Å². The van der Waals surface area contributed by atoms with Crippen LogP contribution in [0.1, 0.15) is 25.7 Å². The molecule has 134 valence electrons. The van der Waals surface area contributed by atoms with E-state index in [0.29, 0.717) is 32.1 Å². The minimum Gasteiger partial charge on any atom is -0.368 e. The maximum Gasteiger partial charge on any atom is 0.228 e. The molecule has 1 saturated carbocycles. The fraction of sp³-hybridized carbons (Fsp3) is 0.579. The quantitative estimate of drug-likeness (QED) is 0.840. The molecule has 0 bridgehead atoms. The standard InChI is InChI=1S/C19H24FN3O2/c20-15-4-6-16(7-5-15)21-8-10-22(11-9-21)19(25)14-12-18(24)23(13-14)17-2-1-3-17/h4-7,14,17H,1-3,8-13H2. The van der Waals surface area contributed by atoms with Gasteiger partial charge in [0, 0.05) is 50.9 Å². The highest BCUT2D eigenvalue weighted by atomic mass is 19.1. The average molecular weight is 345 g/mol. The number of carbonyl (C=O) groups is 2. The summed E-state index contributed by atoms with van der Waals surface area (Å²) in [5.74, 6) is -0.146. The molecule has 2 saturated heterocycles. The van der Waals surface area contributed by atoms with Gasteiger partial charge in [0.25, 0.3) is 0 Å². The van der Waals surface area contributed by atoms with E-state index in [1.54, 1.807) is 12.1 Å². The van der Waals surface area contributed by atoms with E-state index in [2.05, 4.69) is 4.90 Å². The van der Waals surface area contributed by atoms with E-state index in [-0.39, 0.29) is 23.5 Å². The second kappa shape index (κ2) is 6.65. The van der Waals surface area contributed by atoms with Gasteiger partial charge < -0.3 is 14.7 Å². The number of amides is 2. The monoisotopic (exact) mass is 345 g/mol. The average Bonchev–Trinajstić information content (AvgIpc) is 2.95. The first kappa shape index (κ1) is 16.4. The molecule has 6 heteroatoms. The molecule has 2 aliphatic heterocycles. The summed E-state index contributed by atoms with van der Waals surface area (Å²) < 4.78 is 13.0. The van der Waals surface area contributed by atoms with Crippen LogP contribution in [0.4, 0.5) is 10.1 Å². The maximum atomic E-state index is 13.0. The minimum atomic E-state index is -0.237. The third-order valence-electron chi connectivity index (χ3n) is 5.81. The number of carbonyl (C=O) groups excluding carboxylic acids is 2. The first-order valence-corrected chi connectivity index (χ1v) is 9.20. The molecule has 1 aromatic carbocycles. The lowest BCUT2D eigenvalue weighted by atomic mass is 9.92. The Labute approximate surface area is 147 Å². The molecular formula is C19H24FN3O2. The van der Waals surface area contributed by atoms with Crippen molar-refractivity contribution >= 4 is 17.5 Å². The molecule has 2 amide bonds. The summed E-state index contributed by atoms with van der Waals surface area (Å²) in [5, 5.41) is 0. The molecule has 1 aliphatic carbocycles. The largest absolute Gasteiger partial charge is 0.368 e. The predicted molar refractivity (Wildman–Crippen MR) is 92.7 cm³/mol. The van der Waals surface area contributed by atoms with Crippen LogP contribution in [0.15, 0.2) is 24.3 Å². The number of anilines is 1. The number of hydrogen-bond acceptors (Lipinski definition) is 3. The Hall–Kier alpha value is -2.11. The van der Waals surface area contributed by atoms with Crippen LogP contribution in [-0.4, -0.2) is 60.4 Å². The fourth-order valence-corrected chi connectivity index (χ4v) is 4.04. The topological polar surface area (TPSA) is 43.9 Å². The normalized spacial score (nSPS) is 24.6. The molecule has 1 aromatic rings. The third-order valence-corrected chi connectivity index (χ3v) is 5.81. The van der Waals surface area contributed by atoms with E-state index in [1.807, 2.05) is 9.80 Å². The van der Waals surface area contributed by atoms with Gasteiger partial charge in [-0.3, -0.25) is 9.59 Å². The van der Waals surface area contributed by atoms with Gasteiger partial charge in [-0.2, -0.15) is 0 Å². The molecule has 0 aromatic heterocycles. The summed E-state index contributed by atoms with van der Waals surface area (Å²) in [6.07, 6.45) is 3.73. The van der Waals surface area contributed by atoms with Crippen molar-refractivity contribution < 1.29 is 14.0 Å². The molecule has 25 heavy (non-hydrogen) atoms. The van der Waals surface area contributed by atoms with Gasteiger partial charge in [-0.05, 0) is 43.5 Å². The lowest BCUT2D eigenvalue weighted by Crippen LogP contribution is -2.51. The number of halogens is 1. The van der Waals surface area contributed by atoms with Crippen molar-refractivity contribution in [1.29, 1.82) is 0 Å². The van der Waals surface area contributed by atoms with E-state index in [0.717, 1.165) is 31.6 Å². The van der Waals surface area contributed by atoms with Gasteiger partial charge in [0.15, 0.2) is 0 Å². The zero-order valence-corrected chi connectivity index (χ0v) is 14.4. The highest BCUT2D eigenvalue weighted by Gasteiger charge is 2.41. The summed E-state index contributed by atoms with van der Waals surface area (Å²) in [6.45, 7) is 3.39. The zero-order valence-electron chi connectivity index (χ0n) is 14.4. The van der Waals surface area contributed by atoms with Crippen LogP contribution in [0.2, 0.25) is 0 Å². The van der Waals surface area contributed by atoms with E-state index in [4.69, 9.17) is 0 Å². The molecule has 2 heterocycles. The molecule has 3 fully saturated rings. The van der Waals surface area contributed by atoms with Crippen LogP contribution < -0.4 is 4.90 Å². The molecule has 1 atom stereocenters. The molecule has 3 aliphatic rings. The Morgan fingerprint density at radius 1 is 1.04 bits per heavy atom. The van der Waals surface area contributed by atoms with E-state index < -0.39 is 0 Å². The maximum absolute atomic E-state index is 13.0. The van der Waals surface area contributed by atoms with Gasteiger partial charge in [-0.25, -0.2) is 4.39 Å². The second-order valence-corrected chi connectivity index (χ2v) is 7.32. The van der Waals surface area contributed by atoms with Crippen molar-refractivity contribution in [3.8, 4) is 0 Å². The lowest BCUT2D eigenvalue weighted by Gasteiger charge is -2.37. The van der Waals surface area contributed by atoms with Gasteiger partial charge in [-0.1, -0.05) is 0 Å². The molecule has 4 rings (SSSR count). The van der Waals surface area contributed by atoms with Crippen LogP contribution in [0.3, 0.4) is 0 Å². The number of hydrogen-bond donors (Lipinski definition) is 0. The van der Waals surface area contributed by atoms with Crippen molar-refractivity contribution in [1.82, 2.24) is 9.80 Å². The Bertz CT molecular complexity index is 651. The number of nitrogens with zero attached hydrogens (tertiary/aromatic N) is 3. The van der Waals surface area contributed by atoms with Gasteiger partial charge >= 0.3 is 0 Å². The summed E-state index contributed by atoms with van der Waals surface area (Å²) in [6, 6.07) is 6.86. The van der Waals surface area contributed by atoms with Crippen LogP contribution in [0.25, 0.3) is 0 Å². The van der Waals surface area contributed by atoms with Crippen molar-refractivity contribution in [2.75, 3.05) is 37.6 Å². The van der Waals surface area contributed by atoms with Gasteiger partial charge in [0.1, 0.15) is 5.82 Å². The first-order valence-electron chi connectivity index (χ1n) is 9.20. The van der Waals surface area contributed by atoms with Gasteiger partial charge in [0.05, 0.1) is 5.92 Å². The third kappa shape index (κ3) is 3.22. The molecule has 0 spiro atoms. The smallest absolute Gasteiger partial charge is 0.228 e. The second-order valence-electron chi connectivity index (χ2n) is 7.32. The van der Waals surface area contributed by atoms with Crippen molar-refractivity contribution in [3.63, 3.8) is 0 Å². The Morgan fingerprint density at radius 2 is 1.72 bits per heavy atom. The van der Waals surface area contributed by atoms with Crippen molar-refractivity contribution in [2.24, 2.45) is 5.92 Å². The number of rotatable bonds is 3. The van der Waals surface area contributed by atoms with E-state index in [1.165, 1.54) is 18.6 Å². The SMILES string of the molecule is O=C(C1CC(=O)N(C2CCC2)C1)N1CCN(c2ccc(F)cc2)CC1. The Kier molecular flexibility index (Phi) is 4.36. The van der Waals surface area contributed by atoms with Crippen LogP contribution >= 0.6 is 0 Å². The highest BCUT2D eigenvalue weighted by molar-refractivity contribution is 5.89. The van der Waals surface area contributed by atoms with Crippen molar-refractivity contribution in [3.05, 3.63) is 30.1 Å². The van der Waals surface area contributed by atoms with Gasteiger partial charge in [0.2, 0.25) is 11.8 Å². The first-order chi connectivity index (χ1) is 12.1. The number of piperazine rings is 1. The molecule has 0 N–H and O–H groups in total. The van der Waals surface area contributed by atoms with E-state index in [9.17, 15) is 14.0 Å². The Balaban J connectivity index is 1.32. The summed E-state index contributed by atoms with van der Waals surface area (Å²) in [5.41, 5.74) is 0.987. The summed E-state index contributed by atoms with van der Waals surface area (Å²) in [7, 11) is 0. The fourth-order valence-electron chi connectivity index (χ4n) is 4.04. The summed E-state index contributed by atoms with van der Waals surface area (Å²) in [4.78, 5) is 31.0. The molecule has 0 radical (unpaired) electrons.